The standard InChI is InChI=1S/C36H40N4O4/c1-3-44-29-16-14-26(15-17-29)20-32(31-19-24(2)9-18-30(31)34(38)41)35(42)40-33(21-25-7-5-4-6-8-25)36(43)39-23-28-12-10-27(22-37)11-13-28/h4-19,32-33H,3,20-23,37H2,1-2H3,(H2,38,41)(H,39,43)(H,40,42)/t32-,33+/m1/s1. The molecule has 4 aromatic carbocycles. The number of benzene rings is 4. The molecule has 0 aromatic heterocycles. The summed E-state index contributed by atoms with van der Waals surface area (Å²) in [6.45, 7) is 5.08. The van der Waals surface area contributed by atoms with Crippen molar-refractivity contribution in [2.75, 3.05) is 6.61 Å². The number of hydrogen-bond donors (Lipinski definition) is 4. The van der Waals surface area contributed by atoms with Crippen molar-refractivity contribution >= 4 is 17.7 Å². The summed E-state index contributed by atoms with van der Waals surface area (Å²) in [5, 5.41) is 5.99. The van der Waals surface area contributed by atoms with E-state index >= 15 is 0 Å². The number of amides is 3. The Labute approximate surface area is 258 Å². The molecule has 0 aliphatic heterocycles. The normalized spacial score (nSPS) is 12.2. The summed E-state index contributed by atoms with van der Waals surface area (Å²) in [5.41, 5.74) is 16.8. The van der Waals surface area contributed by atoms with Crippen LogP contribution in [0.5, 0.6) is 5.75 Å². The topological polar surface area (TPSA) is 137 Å². The third-order valence-corrected chi connectivity index (χ3v) is 7.48. The summed E-state index contributed by atoms with van der Waals surface area (Å²) in [6, 6.07) is 29.1. The van der Waals surface area contributed by atoms with Crippen molar-refractivity contribution in [2.24, 2.45) is 11.5 Å². The Bertz CT molecular complexity index is 1550. The smallest absolute Gasteiger partial charge is 0.249 e. The van der Waals surface area contributed by atoms with Gasteiger partial charge in [0, 0.05) is 25.1 Å². The maximum absolute atomic E-state index is 14.2. The molecule has 6 N–H and O–H groups in total. The van der Waals surface area contributed by atoms with Gasteiger partial charge in [-0.15, -0.1) is 0 Å². The zero-order chi connectivity index (χ0) is 31.5. The number of aryl methyl sites for hydroxylation is 1. The minimum absolute atomic E-state index is 0.270. The van der Waals surface area contributed by atoms with E-state index in [9.17, 15) is 14.4 Å². The molecular formula is C36H40N4O4. The van der Waals surface area contributed by atoms with Gasteiger partial charge in [-0.2, -0.15) is 0 Å². The number of primary amides is 1. The highest BCUT2D eigenvalue weighted by molar-refractivity contribution is 5.98. The van der Waals surface area contributed by atoms with Crippen LogP contribution in [-0.4, -0.2) is 30.4 Å². The molecule has 228 valence electrons. The predicted octanol–water partition coefficient (Wildman–Crippen LogP) is 4.32. The van der Waals surface area contributed by atoms with Gasteiger partial charge >= 0.3 is 0 Å². The minimum Gasteiger partial charge on any atom is -0.494 e. The molecule has 4 aromatic rings. The largest absolute Gasteiger partial charge is 0.494 e. The van der Waals surface area contributed by atoms with Crippen molar-refractivity contribution < 1.29 is 19.1 Å². The molecule has 0 heterocycles. The first kappa shape index (κ1) is 32.0. The molecule has 0 unspecified atom stereocenters. The van der Waals surface area contributed by atoms with Crippen LogP contribution >= 0.6 is 0 Å². The Morgan fingerprint density at radius 1 is 0.773 bits per heavy atom. The van der Waals surface area contributed by atoms with Crippen molar-refractivity contribution in [1.82, 2.24) is 10.6 Å². The van der Waals surface area contributed by atoms with Crippen LogP contribution in [0.4, 0.5) is 0 Å². The van der Waals surface area contributed by atoms with Crippen LogP contribution in [0.15, 0.2) is 97.1 Å². The molecule has 8 heteroatoms. The molecule has 0 saturated carbocycles. The van der Waals surface area contributed by atoms with Crippen LogP contribution in [0.25, 0.3) is 0 Å². The Kier molecular flexibility index (Phi) is 11.3. The number of rotatable bonds is 14. The van der Waals surface area contributed by atoms with Crippen molar-refractivity contribution in [3.8, 4) is 5.75 Å². The maximum Gasteiger partial charge on any atom is 0.249 e. The second-order valence-corrected chi connectivity index (χ2v) is 10.8. The average Bonchev–Trinajstić information content (AvgIpc) is 3.03. The van der Waals surface area contributed by atoms with Gasteiger partial charge in [-0.05, 0) is 66.3 Å². The van der Waals surface area contributed by atoms with E-state index < -0.39 is 17.9 Å². The van der Waals surface area contributed by atoms with Gasteiger partial charge in [0.2, 0.25) is 17.7 Å². The molecule has 0 spiro atoms. The highest BCUT2D eigenvalue weighted by Gasteiger charge is 2.30. The van der Waals surface area contributed by atoms with Gasteiger partial charge in [-0.25, -0.2) is 0 Å². The minimum atomic E-state index is -0.863. The molecule has 0 radical (unpaired) electrons. The molecular weight excluding hydrogens is 552 g/mol. The maximum atomic E-state index is 14.2. The zero-order valence-electron chi connectivity index (χ0n) is 25.2. The monoisotopic (exact) mass is 592 g/mol. The van der Waals surface area contributed by atoms with E-state index in [-0.39, 0.29) is 30.2 Å². The van der Waals surface area contributed by atoms with E-state index in [1.807, 2.05) is 98.8 Å². The molecule has 8 nitrogen and oxygen atoms in total. The molecule has 0 bridgehead atoms. The molecule has 0 aliphatic carbocycles. The van der Waals surface area contributed by atoms with E-state index in [1.54, 1.807) is 12.1 Å². The third-order valence-electron chi connectivity index (χ3n) is 7.48. The van der Waals surface area contributed by atoms with Gasteiger partial charge in [0.05, 0.1) is 12.5 Å². The van der Waals surface area contributed by atoms with Gasteiger partial charge in [0.25, 0.3) is 0 Å². The van der Waals surface area contributed by atoms with Crippen LogP contribution in [0.1, 0.15) is 56.6 Å². The van der Waals surface area contributed by atoms with Gasteiger partial charge < -0.3 is 26.8 Å². The van der Waals surface area contributed by atoms with Crippen molar-refractivity contribution in [3.05, 3.63) is 136 Å². The van der Waals surface area contributed by atoms with Crippen molar-refractivity contribution in [1.29, 1.82) is 0 Å². The van der Waals surface area contributed by atoms with E-state index in [1.165, 1.54) is 0 Å². The van der Waals surface area contributed by atoms with E-state index in [4.69, 9.17) is 16.2 Å². The molecule has 3 amide bonds. The predicted molar refractivity (Wildman–Crippen MR) is 172 cm³/mol. The molecule has 4 rings (SSSR count). The first-order chi connectivity index (χ1) is 21.3. The van der Waals surface area contributed by atoms with Gasteiger partial charge in [0.1, 0.15) is 11.8 Å². The molecule has 0 saturated heterocycles. The van der Waals surface area contributed by atoms with Crippen LogP contribution in [0.2, 0.25) is 0 Å². The van der Waals surface area contributed by atoms with Crippen LogP contribution in [0.3, 0.4) is 0 Å². The second-order valence-electron chi connectivity index (χ2n) is 10.8. The summed E-state index contributed by atoms with van der Waals surface area (Å²) in [5.74, 6) is -1.38. The van der Waals surface area contributed by atoms with E-state index in [2.05, 4.69) is 10.6 Å². The average molecular weight is 593 g/mol. The zero-order valence-corrected chi connectivity index (χ0v) is 25.2. The molecule has 0 fully saturated rings. The molecule has 0 aliphatic rings. The van der Waals surface area contributed by atoms with Gasteiger partial charge in [-0.1, -0.05) is 84.4 Å². The Balaban J connectivity index is 1.63. The quantitative estimate of drug-likeness (QED) is 0.173. The summed E-state index contributed by atoms with van der Waals surface area (Å²) in [7, 11) is 0. The molecule has 44 heavy (non-hydrogen) atoms. The number of nitrogens with one attached hydrogen (secondary N) is 2. The number of carbonyl (C=O) groups excluding carboxylic acids is 3. The number of carbonyl (C=O) groups is 3. The fourth-order valence-electron chi connectivity index (χ4n) is 5.10. The lowest BCUT2D eigenvalue weighted by Gasteiger charge is -2.24. The third kappa shape index (κ3) is 8.78. The lowest BCUT2D eigenvalue weighted by atomic mass is 9.86. The highest BCUT2D eigenvalue weighted by atomic mass is 16.5. The fraction of sp³-hybridized carbons (Fsp3) is 0.250. The van der Waals surface area contributed by atoms with Crippen LogP contribution in [0, 0.1) is 6.92 Å². The van der Waals surface area contributed by atoms with E-state index in [0.717, 1.165) is 33.6 Å². The van der Waals surface area contributed by atoms with E-state index in [0.29, 0.717) is 25.3 Å². The van der Waals surface area contributed by atoms with Gasteiger partial charge in [0.15, 0.2) is 0 Å². The Morgan fingerprint density at radius 3 is 2.05 bits per heavy atom. The van der Waals surface area contributed by atoms with Gasteiger partial charge in [-0.3, -0.25) is 14.4 Å². The Morgan fingerprint density at radius 2 is 1.41 bits per heavy atom. The number of ether oxygens (including phenoxy) is 1. The SMILES string of the molecule is CCOc1ccc(C[C@@H](C(=O)N[C@@H](Cc2ccccc2)C(=O)NCc2ccc(CN)cc2)c2cc(C)ccc2C(N)=O)cc1. The van der Waals surface area contributed by atoms with Crippen LogP contribution in [-0.2, 0) is 35.5 Å². The Hall–Kier alpha value is -4.95. The lowest BCUT2D eigenvalue weighted by molar-refractivity contribution is -0.129. The van der Waals surface area contributed by atoms with Crippen molar-refractivity contribution in [3.63, 3.8) is 0 Å². The summed E-state index contributed by atoms with van der Waals surface area (Å²) >= 11 is 0. The summed E-state index contributed by atoms with van der Waals surface area (Å²) in [4.78, 5) is 40.2. The van der Waals surface area contributed by atoms with Crippen LogP contribution < -0.4 is 26.8 Å². The first-order valence-electron chi connectivity index (χ1n) is 14.8. The second kappa shape index (κ2) is 15.5. The molecule has 2 atom stereocenters. The summed E-state index contributed by atoms with van der Waals surface area (Å²) < 4.78 is 5.58. The van der Waals surface area contributed by atoms with Crippen molar-refractivity contribution in [2.45, 2.75) is 51.7 Å². The number of hydrogen-bond acceptors (Lipinski definition) is 5. The first-order valence-corrected chi connectivity index (χ1v) is 14.8. The summed E-state index contributed by atoms with van der Waals surface area (Å²) in [6.07, 6.45) is 0.575. The fourth-order valence-corrected chi connectivity index (χ4v) is 5.10. The highest BCUT2D eigenvalue weighted by Crippen LogP contribution is 2.27. The lowest BCUT2D eigenvalue weighted by Crippen LogP contribution is -2.49. The number of nitrogens with two attached hydrogens (primary N) is 2.